The zero-order chi connectivity index (χ0) is 25.0. The van der Waals surface area contributed by atoms with E-state index in [-0.39, 0.29) is 5.91 Å². The maximum Gasteiger partial charge on any atom is 0.248 e. The number of nitrogens with one attached hydrogen (secondary N) is 1. The minimum Gasteiger partial charge on any atom is -0.489 e. The first-order valence-electron chi connectivity index (χ1n) is 11.5. The molecule has 1 amide bonds. The molecule has 0 aliphatic heterocycles. The zero-order valence-corrected chi connectivity index (χ0v) is 19.6. The minimum absolute atomic E-state index is 0.237. The minimum atomic E-state index is -0.237. The van der Waals surface area contributed by atoms with Crippen molar-refractivity contribution < 1.29 is 14.3 Å². The molecule has 0 fully saturated rings. The molecule has 6 nitrogen and oxygen atoms in total. The second kappa shape index (κ2) is 12.5. The number of hydrogen-bond acceptors (Lipinski definition) is 5. The lowest BCUT2D eigenvalue weighted by Crippen LogP contribution is -2.10. The van der Waals surface area contributed by atoms with Gasteiger partial charge >= 0.3 is 0 Å². The van der Waals surface area contributed by atoms with Gasteiger partial charge in [0, 0.05) is 23.5 Å². The van der Waals surface area contributed by atoms with Gasteiger partial charge in [-0.2, -0.15) is 5.26 Å². The van der Waals surface area contributed by atoms with Crippen molar-refractivity contribution in [3.8, 4) is 17.6 Å². The van der Waals surface area contributed by atoms with E-state index < -0.39 is 0 Å². The Hall–Kier alpha value is -4.89. The average Bonchev–Trinajstić information content (AvgIpc) is 2.92. The first kappa shape index (κ1) is 24.2. The number of aromatic nitrogens is 1. The Labute approximate surface area is 210 Å². The Bertz CT molecular complexity index is 1340. The highest BCUT2D eigenvalue weighted by molar-refractivity contribution is 6.02. The van der Waals surface area contributed by atoms with Crippen LogP contribution in [-0.2, 0) is 24.4 Å². The molecule has 0 spiro atoms. The molecule has 0 saturated carbocycles. The molecular formula is C30H25N3O3. The molecule has 4 aromatic rings. The van der Waals surface area contributed by atoms with E-state index >= 15 is 0 Å². The van der Waals surface area contributed by atoms with Crippen LogP contribution < -0.4 is 14.8 Å². The van der Waals surface area contributed by atoms with E-state index in [1.807, 2.05) is 91.0 Å². The maximum atomic E-state index is 12.5. The number of benzene rings is 3. The van der Waals surface area contributed by atoms with Gasteiger partial charge in [0.15, 0.2) is 0 Å². The molecule has 0 atom stereocenters. The normalized spacial score (nSPS) is 10.5. The van der Waals surface area contributed by atoms with Gasteiger partial charge in [-0.05, 0) is 59.7 Å². The monoisotopic (exact) mass is 475 g/mol. The van der Waals surface area contributed by atoms with Crippen LogP contribution >= 0.6 is 0 Å². The summed E-state index contributed by atoms with van der Waals surface area (Å²) in [6.45, 7) is 0.700. The van der Waals surface area contributed by atoms with Crippen molar-refractivity contribution >= 4 is 17.7 Å². The fraction of sp³-hybridized carbons (Fsp3) is 0.100. The van der Waals surface area contributed by atoms with Gasteiger partial charge < -0.3 is 14.8 Å². The van der Waals surface area contributed by atoms with Gasteiger partial charge in [-0.1, -0.05) is 48.5 Å². The van der Waals surface area contributed by atoms with Crippen LogP contribution in [0.4, 0.5) is 5.69 Å². The van der Waals surface area contributed by atoms with Gasteiger partial charge in [0.2, 0.25) is 5.91 Å². The van der Waals surface area contributed by atoms with Crippen molar-refractivity contribution in [3.63, 3.8) is 0 Å². The lowest BCUT2D eigenvalue weighted by Gasteiger charge is -2.11. The summed E-state index contributed by atoms with van der Waals surface area (Å²) in [4.78, 5) is 16.8. The maximum absolute atomic E-state index is 12.5. The highest BCUT2D eigenvalue weighted by Crippen LogP contribution is 2.20. The van der Waals surface area contributed by atoms with Crippen molar-refractivity contribution in [3.05, 3.63) is 126 Å². The summed E-state index contributed by atoms with van der Waals surface area (Å²) in [5, 5.41) is 11.7. The predicted molar refractivity (Wildman–Crippen MR) is 139 cm³/mol. The van der Waals surface area contributed by atoms with E-state index in [0.29, 0.717) is 31.1 Å². The molecule has 0 aliphatic carbocycles. The number of rotatable bonds is 10. The molecule has 1 aromatic heterocycles. The average molecular weight is 476 g/mol. The van der Waals surface area contributed by atoms with Gasteiger partial charge in [-0.25, -0.2) is 0 Å². The third-order valence-corrected chi connectivity index (χ3v) is 5.30. The summed E-state index contributed by atoms with van der Waals surface area (Å²) < 4.78 is 11.6. The third-order valence-electron chi connectivity index (χ3n) is 5.30. The molecule has 4 rings (SSSR count). The van der Waals surface area contributed by atoms with Gasteiger partial charge in [0.25, 0.3) is 0 Å². The number of pyridine rings is 1. The summed E-state index contributed by atoms with van der Waals surface area (Å²) in [5.74, 6) is 1.19. The molecule has 0 bridgehead atoms. The Morgan fingerprint density at radius 1 is 0.861 bits per heavy atom. The van der Waals surface area contributed by atoms with E-state index in [2.05, 4.69) is 16.4 Å². The van der Waals surface area contributed by atoms with Gasteiger partial charge in [-0.15, -0.1) is 0 Å². The number of hydrogen-bond donors (Lipinski definition) is 1. The van der Waals surface area contributed by atoms with Gasteiger partial charge in [0.1, 0.15) is 24.7 Å². The number of anilines is 1. The second-order valence-electron chi connectivity index (χ2n) is 7.93. The van der Waals surface area contributed by atoms with Crippen LogP contribution in [0.5, 0.6) is 11.5 Å². The SMILES string of the molecule is N#CCc1ccc(OCc2ccccc2NC(=O)/C=C/c2ccc(OCc3ccccn3)cc2)cc1. The fourth-order valence-corrected chi connectivity index (χ4v) is 3.39. The lowest BCUT2D eigenvalue weighted by atomic mass is 10.1. The van der Waals surface area contributed by atoms with Crippen molar-refractivity contribution in [1.82, 2.24) is 4.98 Å². The van der Waals surface area contributed by atoms with Gasteiger partial charge in [-0.3, -0.25) is 9.78 Å². The molecule has 0 aliphatic rings. The Morgan fingerprint density at radius 2 is 1.56 bits per heavy atom. The van der Waals surface area contributed by atoms with E-state index in [9.17, 15) is 4.79 Å². The quantitative estimate of drug-likeness (QED) is 0.286. The number of amides is 1. The second-order valence-corrected chi connectivity index (χ2v) is 7.93. The highest BCUT2D eigenvalue weighted by Gasteiger charge is 2.06. The van der Waals surface area contributed by atoms with E-state index in [0.717, 1.165) is 28.1 Å². The van der Waals surface area contributed by atoms with Crippen LogP contribution in [0.1, 0.15) is 22.4 Å². The van der Waals surface area contributed by atoms with Crippen LogP contribution in [0.2, 0.25) is 0 Å². The smallest absolute Gasteiger partial charge is 0.248 e. The van der Waals surface area contributed by atoms with Crippen molar-refractivity contribution in [1.29, 1.82) is 5.26 Å². The summed E-state index contributed by atoms with van der Waals surface area (Å²) in [5.41, 5.74) is 4.22. The largest absolute Gasteiger partial charge is 0.489 e. The van der Waals surface area contributed by atoms with E-state index in [4.69, 9.17) is 14.7 Å². The van der Waals surface area contributed by atoms with Crippen molar-refractivity contribution in [2.45, 2.75) is 19.6 Å². The number of para-hydroxylation sites is 1. The lowest BCUT2D eigenvalue weighted by molar-refractivity contribution is -0.111. The van der Waals surface area contributed by atoms with Crippen LogP contribution in [0.15, 0.2) is 103 Å². The first-order valence-corrected chi connectivity index (χ1v) is 11.5. The predicted octanol–water partition coefficient (Wildman–Crippen LogP) is 5.96. The zero-order valence-electron chi connectivity index (χ0n) is 19.6. The Morgan fingerprint density at radius 3 is 2.28 bits per heavy atom. The van der Waals surface area contributed by atoms with Gasteiger partial charge in [0.05, 0.1) is 18.2 Å². The number of nitrogens with zero attached hydrogens (tertiary/aromatic N) is 2. The van der Waals surface area contributed by atoms with Crippen LogP contribution in [0.3, 0.4) is 0 Å². The summed E-state index contributed by atoms with van der Waals surface area (Å²) in [6, 6.07) is 30.3. The summed E-state index contributed by atoms with van der Waals surface area (Å²) in [7, 11) is 0. The summed E-state index contributed by atoms with van der Waals surface area (Å²) in [6.07, 6.45) is 5.35. The standard InChI is InChI=1S/C30H25N3O3/c31-19-18-24-10-15-27(16-11-24)35-21-25-5-1-2-7-29(25)33-30(34)17-12-23-8-13-28(14-9-23)36-22-26-6-3-4-20-32-26/h1-17,20H,18,21-22H2,(H,33,34)/b17-12+. The van der Waals surface area contributed by atoms with Crippen LogP contribution in [0, 0.1) is 11.3 Å². The number of ether oxygens (including phenoxy) is 2. The topological polar surface area (TPSA) is 84.2 Å². The number of nitriles is 1. The highest BCUT2D eigenvalue weighted by atomic mass is 16.5. The van der Waals surface area contributed by atoms with Crippen molar-refractivity contribution in [2.24, 2.45) is 0 Å². The first-order chi connectivity index (χ1) is 17.7. The van der Waals surface area contributed by atoms with Crippen LogP contribution in [0.25, 0.3) is 6.08 Å². The van der Waals surface area contributed by atoms with E-state index in [1.165, 1.54) is 6.08 Å². The Balaban J connectivity index is 1.30. The fourth-order valence-electron chi connectivity index (χ4n) is 3.39. The third kappa shape index (κ3) is 7.31. The molecule has 0 saturated heterocycles. The molecule has 178 valence electrons. The Kier molecular flexibility index (Phi) is 8.44. The molecule has 0 radical (unpaired) electrons. The number of carbonyl (C=O) groups excluding carboxylic acids is 1. The van der Waals surface area contributed by atoms with Crippen molar-refractivity contribution in [2.75, 3.05) is 5.32 Å². The number of carbonyl (C=O) groups is 1. The molecule has 0 unspecified atom stereocenters. The molecule has 36 heavy (non-hydrogen) atoms. The molecular weight excluding hydrogens is 450 g/mol. The molecule has 1 N–H and O–H groups in total. The molecule has 6 heteroatoms. The molecule has 1 heterocycles. The van der Waals surface area contributed by atoms with E-state index in [1.54, 1.807) is 12.3 Å². The van der Waals surface area contributed by atoms with Crippen LogP contribution in [-0.4, -0.2) is 10.9 Å². The molecule has 3 aromatic carbocycles. The summed E-state index contributed by atoms with van der Waals surface area (Å²) >= 11 is 0.